The molecule has 27 heavy (non-hydrogen) atoms. The lowest BCUT2D eigenvalue weighted by molar-refractivity contribution is -0.411. The van der Waals surface area contributed by atoms with Crippen LogP contribution in [0.2, 0.25) is 5.02 Å². The van der Waals surface area contributed by atoms with Gasteiger partial charge in [0.25, 0.3) is 5.84 Å². The van der Waals surface area contributed by atoms with E-state index in [1.54, 1.807) is 0 Å². The van der Waals surface area contributed by atoms with Crippen LogP contribution in [0.4, 0.5) is 10.1 Å². The van der Waals surface area contributed by atoms with Crippen LogP contribution in [0.5, 0.6) is 0 Å². The lowest BCUT2D eigenvalue weighted by atomic mass is 10.2. The predicted molar refractivity (Wildman–Crippen MR) is 115 cm³/mol. The highest BCUT2D eigenvalue weighted by Crippen LogP contribution is 2.36. The van der Waals surface area contributed by atoms with Crippen molar-refractivity contribution in [2.24, 2.45) is 4.99 Å². The first kappa shape index (κ1) is 22.1. The Morgan fingerprint density at radius 1 is 1.52 bits per heavy atom. The molecule has 3 rings (SSSR count). The van der Waals surface area contributed by atoms with E-state index in [2.05, 4.69) is 50.7 Å². The topological polar surface area (TPSA) is 53.7 Å². The Hall–Kier alpha value is -1.16. The zero-order valence-electron chi connectivity index (χ0n) is 14.9. The van der Waals surface area contributed by atoms with Crippen LogP contribution in [0.1, 0.15) is 37.0 Å². The number of anilines is 1. The molecule has 0 unspecified atom stereocenters. The fourth-order valence-corrected chi connectivity index (χ4v) is 4.14. The number of methoxy groups -OCH3 is 1. The van der Waals surface area contributed by atoms with Gasteiger partial charge in [0.2, 0.25) is 5.13 Å². The molecule has 0 aliphatic carbocycles. The summed E-state index contributed by atoms with van der Waals surface area (Å²) in [5.41, 5.74) is 0.0190. The number of fused-ring (bicyclic) bond motifs is 1. The van der Waals surface area contributed by atoms with Crippen molar-refractivity contribution in [2.45, 2.75) is 38.5 Å². The fraction of sp³-hybridized carbons (Fsp3) is 0.529. The molecule has 2 aliphatic rings. The number of amidine groups is 1. The van der Waals surface area contributed by atoms with Gasteiger partial charge in [-0.25, -0.2) is 4.58 Å². The maximum atomic E-state index is 13.4. The second kappa shape index (κ2) is 11.0. The number of hydrogen-bond donors (Lipinski definition) is 1. The number of ether oxygens (including phenoxy) is 1. The highest BCUT2D eigenvalue weighted by atomic mass is 35.5. The summed E-state index contributed by atoms with van der Waals surface area (Å²) < 4.78 is 20.2. The van der Waals surface area contributed by atoms with Crippen LogP contribution in [0, 0.1) is 5.13 Å². The van der Waals surface area contributed by atoms with Gasteiger partial charge < -0.3 is 34.9 Å². The summed E-state index contributed by atoms with van der Waals surface area (Å²) >= 11 is 15.8. The quantitative estimate of drug-likeness (QED) is 0.328. The summed E-state index contributed by atoms with van der Waals surface area (Å²) in [6.07, 6.45) is 8.60. The molecular formula is C17H21ClFN3O2S3. The number of hydrogen-bond acceptors (Lipinski definition) is 6. The minimum absolute atomic E-state index is 0.0109. The third-order valence-electron chi connectivity index (χ3n) is 4.02. The van der Waals surface area contributed by atoms with Crippen molar-refractivity contribution in [3.63, 3.8) is 0 Å². The number of rotatable bonds is 3. The van der Waals surface area contributed by atoms with Gasteiger partial charge in [0.15, 0.2) is 0 Å². The number of thiophene rings is 1. The standard InChI is InChI=1S/C9H15N2.C8H7ClFNO2S3/c1-2-5-9-10-6-4-8-11(9)7-3-1;1-13-4(12)2-3-5(9)6(7(10)16-3)11-8(14)15/h7H,1-6,8H2;2H2,1H3,(H2,11,14,15)/q+1;/p-1. The average molecular weight is 450 g/mol. The minimum atomic E-state index is -0.559. The Morgan fingerprint density at radius 3 is 3.00 bits per heavy atom. The Kier molecular flexibility index (Phi) is 9.01. The van der Waals surface area contributed by atoms with Crippen LogP contribution in [0.3, 0.4) is 0 Å². The summed E-state index contributed by atoms with van der Waals surface area (Å²) in [5.74, 6) is 0.851. The molecule has 0 spiro atoms. The van der Waals surface area contributed by atoms with Gasteiger partial charge in [0.1, 0.15) is 12.2 Å². The molecule has 0 bridgehead atoms. The van der Waals surface area contributed by atoms with Crippen molar-refractivity contribution >= 4 is 75.8 Å². The van der Waals surface area contributed by atoms with Gasteiger partial charge in [-0.05, 0) is 12.8 Å². The van der Waals surface area contributed by atoms with Gasteiger partial charge in [-0.2, -0.15) is 4.39 Å². The summed E-state index contributed by atoms with van der Waals surface area (Å²) in [4.78, 5) is 15.9. The second-order valence-electron chi connectivity index (χ2n) is 5.93. The SMILES string of the molecule is C1=[N+]2CCCN=C2CCCC1.COC(=O)Cc1sc(F)c(NC(=S)[S-])c1Cl. The molecule has 10 heteroatoms. The molecule has 148 valence electrons. The van der Waals surface area contributed by atoms with Gasteiger partial charge in [-0.15, -0.1) is 11.3 Å². The summed E-state index contributed by atoms with van der Waals surface area (Å²) in [7, 11) is 1.25. The monoisotopic (exact) mass is 449 g/mol. The first-order valence-corrected chi connectivity index (χ1v) is 10.6. The third-order valence-corrected chi connectivity index (χ3v) is 5.73. The number of thiocarbonyl (C=S) groups is 1. The highest BCUT2D eigenvalue weighted by Gasteiger charge is 2.20. The zero-order chi connectivity index (χ0) is 19.8. The molecule has 0 fully saturated rings. The van der Waals surface area contributed by atoms with Crippen molar-refractivity contribution in [2.75, 3.05) is 25.5 Å². The summed E-state index contributed by atoms with van der Waals surface area (Å²) in [5, 5.41) is 2.00. The molecule has 3 heterocycles. The van der Waals surface area contributed by atoms with Gasteiger partial charge in [0, 0.05) is 17.7 Å². The molecule has 1 N–H and O–H groups in total. The highest BCUT2D eigenvalue weighted by molar-refractivity contribution is 8.00. The van der Waals surface area contributed by atoms with E-state index in [0.717, 1.165) is 17.9 Å². The first-order chi connectivity index (χ1) is 12.9. The number of aliphatic imine (C=N–C) groups is 1. The minimum Gasteiger partial charge on any atom is -0.469 e. The van der Waals surface area contributed by atoms with Crippen LogP contribution in [0.15, 0.2) is 4.99 Å². The zero-order valence-corrected chi connectivity index (χ0v) is 18.1. The van der Waals surface area contributed by atoms with E-state index in [1.807, 2.05) is 0 Å². The molecule has 0 atom stereocenters. The largest absolute Gasteiger partial charge is 0.469 e. The molecule has 0 saturated heterocycles. The lowest BCUT2D eigenvalue weighted by Crippen LogP contribution is -2.26. The van der Waals surface area contributed by atoms with Gasteiger partial charge in [0.05, 0.1) is 37.7 Å². The number of nitrogens with one attached hydrogen (secondary N) is 1. The number of esters is 1. The number of nitrogens with zero attached hydrogens (tertiary/aromatic N) is 2. The maximum Gasteiger partial charge on any atom is 0.310 e. The molecule has 2 aliphatic heterocycles. The summed E-state index contributed by atoms with van der Waals surface area (Å²) in [6.45, 7) is 2.26. The van der Waals surface area contributed by atoms with E-state index in [0.29, 0.717) is 4.88 Å². The van der Waals surface area contributed by atoms with Crippen LogP contribution in [-0.4, -0.2) is 47.1 Å². The number of carbonyl (C=O) groups is 1. The second-order valence-corrected chi connectivity index (χ2v) is 8.43. The van der Waals surface area contributed by atoms with E-state index >= 15 is 0 Å². The van der Waals surface area contributed by atoms with Crippen LogP contribution in [0.25, 0.3) is 0 Å². The Bertz CT molecular complexity index is 765. The first-order valence-electron chi connectivity index (χ1n) is 8.57. The molecule has 1 aromatic rings. The van der Waals surface area contributed by atoms with E-state index in [4.69, 9.17) is 11.6 Å². The van der Waals surface area contributed by atoms with E-state index in [9.17, 15) is 9.18 Å². The van der Waals surface area contributed by atoms with Crippen molar-refractivity contribution in [1.29, 1.82) is 0 Å². The van der Waals surface area contributed by atoms with Gasteiger partial charge in [-0.3, -0.25) is 4.79 Å². The smallest absolute Gasteiger partial charge is 0.310 e. The Labute approximate surface area is 178 Å². The van der Waals surface area contributed by atoms with Crippen molar-refractivity contribution in [3.05, 3.63) is 15.0 Å². The normalized spacial score (nSPS) is 16.0. The van der Waals surface area contributed by atoms with Gasteiger partial charge in [-0.1, -0.05) is 20.9 Å². The molecule has 0 amide bonds. The molecule has 1 aromatic heterocycles. The summed E-state index contributed by atoms with van der Waals surface area (Å²) in [6, 6.07) is 0. The van der Waals surface area contributed by atoms with Crippen LogP contribution in [-0.2, 0) is 28.6 Å². The molecular weight excluding hydrogens is 429 g/mol. The van der Waals surface area contributed by atoms with Crippen molar-refractivity contribution in [3.8, 4) is 0 Å². The number of halogens is 2. The molecule has 0 aromatic carbocycles. The molecule has 5 nitrogen and oxygen atoms in total. The van der Waals surface area contributed by atoms with Crippen LogP contribution >= 0.6 is 35.2 Å². The Morgan fingerprint density at radius 2 is 2.30 bits per heavy atom. The van der Waals surface area contributed by atoms with Gasteiger partial charge >= 0.3 is 5.97 Å². The third kappa shape index (κ3) is 6.74. The average Bonchev–Trinajstić information content (AvgIpc) is 2.84. The maximum absolute atomic E-state index is 13.4. The van der Waals surface area contributed by atoms with E-state index in [-0.39, 0.29) is 21.5 Å². The predicted octanol–water partition coefficient (Wildman–Crippen LogP) is 3.95. The Balaban J connectivity index is 0.000000206. The van der Waals surface area contributed by atoms with Crippen LogP contribution < -0.4 is 5.32 Å². The number of carbonyl (C=O) groups excluding carboxylic acids is 1. The van der Waals surface area contributed by atoms with E-state index < -0.39 is 11.1 Å². The van der Waals surface area contributed by atoms with E-state index in [1.165, 1.54) is 51.6 Å². The molecule has 0 saturated carbocycles. The molecule has 0 radical (unpaired) electrons. The van der Waals surface area contributed by atoms with Crippen molar-refractivity contribution < 1.29 is 18.5 Å². The lowest BCUT2D eigenvalue weighted by Gasteiger charge is -2.08. The van der Waals surface area contributed by atoms with Crippen molar-refractivity contribution in [1.82, 2.24) is 0 Å². The fourth-order valence-electron chi connectivity index (χ4n) is 2.72.